The number of ether oxygens (including phenoxy) is 1. The normalized spacial score (nSPS) is 20.7. The molecule has 0 bridgehead atoms. The molecule has 2 rings (SSSR count). The topological polar surface area (TPSA) is 72.6 Å². The molecule has 0 aliphatic carbocycles. The van der Waals surface area contributed by atoms with Gasteiger partial charge in [0.2, 0.25) is 0 Å². The molecule has 0 amide bonds. The number of aromatic nitrogens is 1. The second-order valence-corrected chi connectivity index (χ2v) is 3.49. The zero-order valence-electron chi connectivity index (χ0n) is 8.52. The van der Waals surface area contributed by atoms with Crippen LogP contribution in [0.25, 0.3) is 0 Å². The number of hydrogen-bond acceptors (Lipinski definition) is 4. The summed E-state index contributed by atoms with van der Waals surface area (Å²) >= 11 is 0. The Morgan fingerprint density at radius 1 is 1.67 bits per heavy atom. The molecule has 5 nitrogen and oxygen atoms in total. The summed E-state index contributed by atoms with van der Waals surface area (Å²) in [5.74, 6) is -0.745. The number of carboxylic acid groups (broad SMARTS) is 1. The molecule has 5 heteroatoms. The summed E-state index contributed by atoms with van der Waals surface area (Å²) in [4.78, 5) is 14.7. The van der Waals surface area contributed by atoms with E-state index in [9.17, 15) is 4.79 Å². The summed E-state index contributed by atoms with van der Waals surface area (Å²) < 4.78 is 10.6. The van der Waals surface area contributed by atoms with Crippen molar-refractivity contribution in [1.29, 1.82) is 0 Å². The van der Waals surface area contributed by atoms with Crippen LogP contribution in [0.5, 0.6) is 0 Å². The first-order chi connectivity index (χ1) is 7.22. The molecule has 0 radical (unpaired) electrons. The molecule has 1 aromatic rings. The molecular weight excluding hydrogens is 198 g/mol. The minimum Gasteiger partial charge on any atom is -0.474 e. The van der Waals surface area contributed by atoms with Crippen LogP contribution in [0.3, 0.4) is 0 Å². The molecule has 0 spiro atoms. The second kappa shape index (κ2) is 4.02. The van der Waals surface area contributed by atoms with Crippen LogP contribution in [0.15, 0.2) is 4.42 Å². The van der Waals surface area contributed by atoms with Crippen molar-refractivity contribution in [3.05, 3.63) is 17.3 Å². The summed E-state index contributed by atoms with van der Waals surface area (Å²) in [5.41, 5.74) is 0.660. The minimum absolute atomic E-state index is 0.0863. The summed E-state index contributed by atoms with van der Waals surface area (Å²) in [6.45, 7) is 2.62. The van der Waals surface area contributed by atoms with Crippen LogP contribution >= 0.6 is 0 Å². The molecule has 1 N–H and O–H groups in total. The highest BCUT2D eigenvalue weighted by Crippen LogP contribution is 2.30. The molecule has 0 aromatic carbocycles. The highest BCUT2D eigenvalue weighted by atomic mass is 16.5. The summed E-state index contributed by atoms with van der Waals surface area (Å²) in [5, 5.41) is 8.76. The Labute approximate surface area is 87.1 Å². The second-order valence-electron chi connectivity index (χ2n) is 3.49. The molecule has 1 aromatic heterocycles. The van der Waals surface area contributed by atoms with Gasteiger partial charge in [0.15, 0.2) is 0 Å². The summed E-state index contributed by atoms with van der Waals surface area (Å²) in [6.07, 6.45) is 2.42. The van der Waals surface area contributed by atoms with E-state index in [1.165, 1.54) is 0 Å². The molecule has 1 fully saturated rings. The highest BCUT2D eigenvalue weighted by Gasteiger charge is 2.26. The van der Waals surface area contributed by atoms with E-state index in [2.05, 4.69) is 4.98 Å². The van der Waals surface area contributed by atoms with Crippen molar-refractivity contribution in [2.45, 2.75) is 32.3 Å². The number of oxazole rings is 1. The molecule has 1 unspecified atom stereocenters. The van der Waals surface area contributed by atoms with Crippen molar-refractivity contribution in [3.8, 4) is 0 Å². The highest BCUT2D eigenvalue weighted by molar-refractivity contribution is 5.82. The van der Waals surface area contributed by atoms with Gasteiger partial charge in [0.1, 0.15) is 17.6 Å². The Bertz CT molecular complexity index is 365. The van der Waals surface area contributed by atoms with E-state index in [1.54, 1.807) is 0 Å². The molecule has 0 saturated carbocycles. The maximum Gasteiger partial charge on any atom is 0.392 e. The first kappa shape index (κ1) is 10.2. The molecule has 82 valence electrons. The third kappa shape index (κ3) is 1.87. The van der Waals surface area contributed by atoms with Gasteiger partial charge < -0.3 is 14.3 Å². The smallest absolute Gasteiger partial charge is 0.392 e. The van der Waals surface area contributed by atoms with Crippen LogP contribution < -0.4 is 0 Å². The van der Waals surface area contributed by atoms with Crippen LogP contribution in [0, 0.1) is 0 Å². The standard InChI is InChI=1S/C10H13NO4/c1-2-6-8(7-4-3-5-14-7)11-9(15-6)10(12)13/h7H,2-5H2,1H3,(H,12,13). The van der Waals surface area contributed by atoms with Gasteiger partial charge in [-0.1, -0.05) is 6.92 Å². The van der Waals surface area contributed by atoms with Gasteiger partial charge in [-0.3, -0.25) is 0 Å². The van der Waals surface area contributed by atoms with Gasteiger partial charge in [-0.25, -0.2) is 9.78 Å². The summed E-state index contributed by atoms with van der Waals surface area (Å²) in [6, 6.07) is 0. The number of nitrogens with zero attached hydrogens (tertiary/aromatic N) is 1. The number of rotatable bonds is 3. The van der Waals surface area contributed by atoms with Gasteiger partial charge in [0, 0.05) is 13.0 Å². The van der Waals surface area contributed by atoms with Crippen LogP contribution in [-0.2, 0) is 11.2 Å². The van der Waals surface area contributed by atoms with Crippen molar-refractivity contribution < 1.29 is 19.1 Å². The lowest BCUT2D eigenvalue weighted by Gasteiger charge is -2.05. The maximum atomic E-state index is 10.7. The molecule has 2 heterocycles. The minimum atomic E-state index is -1.13. The molecule has 1 atom stereocenters. The van der Waals surface area contributed by atoms with E-state index in [4.69, 9.17) is 14.3 Å². The van der Waals surface area contributed by atoms with Crippen molar-refractivity contribution >= 4 is 5.97 Å². The van der Waals surface area contributed by atoms with Crippen molar-refractivity contribution in [3.63, 3.8) is 0 Å². The Morgan fingerprint density at radius 3 is 3.00 bits per heavy atom. The molecule has 1 aliphatic heterocycles. The fourth-order valence-corrected chi connectivity index (χ4v) is 1.75. The lowest BCUT2D eigenvalue weighted by atomic mass is 10.1. The average Bonchev–Trinajstić information content (AvgIpc) is 2.86. The lowest BCUT2D eigenvalue weighted by Crippen LogP contribution is -2.01. The zero-order valence-corrected chi connectivity index (χ0v) is 8.52. The van der Waals surface area contributed by atoms with Crippen LogP contribution in [0.2, 0.25) is 0 Å². The Morgan fingerprint density at radius 2 is 2.47 bits per heavy atom. The number of aromatic carboxylic acids is 1. The number of carboxylic acids is 1. The first-order valence-electron chi connectivity index (χ1n) is 5.07. The fraction of sp³-hybridized carbons (Fsp3) is 0.600. The molecule has 15 heavy (non-hydrogen) atoms. The Balaban J connectivity index is 2.31. The van der Waals surface area contributed by atoms with Gasteiger partial charge in [0.05, 0.1) is 0 Å². The van der Waals surface area contributed by atoms with Gasteiger partial charge in [-0.15, -0.1) is 0 Å². The largest absolute Gasteiger partial charge is 0.474 e. The maximum absolute atomic E-state index is 10.7. The van der Waals surface area contributed by atoms with E-state index < -0.39 is 5.97 Å². The van der Waals surface area contributed by atoms with Crippen molar-refractivity contribution in [2.24, 2.45) is 0 Å². The van der Waals surface area contributed by atoms with E-state index in [-0.39, 0.29) is 12.0 Å². The van der Waals surface area contributed by atoms with Gasteiger partial charge in [-0.2, -0.15) is 0 Å². The number of aryl methyl sites for hydroxylation is 1. The first-order valence-corrected chi connectivity index (χ1v) is 5.07. The Kier molecular flexibility index (Phi) is 2.73. The van der Waals surface area contributed by atoms with Gasteiger partial charge in [-0.05, 0) is 12.8 Å². The van der Waals surface area contributed by atoms with Crippen molar-refractivity contribution in [1.82, 2.24) is 4.98 Å². The van der Waals surface area contributed by atoms with Crippen LogP contribution in [-0.4, -0.2) is 22.7 Å². The van der Waals surface area contributed by atoms with Crippen molar-refractivity contribution in [2.75, 3.05) is 6.61 Å². The van der Waals surface area contributed by atoms with E-state index >= 15 is 0 Å². The third-order valence-electron chi connectivity index (χ3n) is 2.47. The zero-order chi connectivity index (χ0) is 10.8. The van der Waals surface area contributed by atoms with E-state index in [1.807, 2.05) is 6.92 Å². The molecule has 1 aliphatic rings. The van der Waals surface area contributed by atoms with Crippen LogP contribution in [0.1, 0.15) is 48.0 Å². The number of carbonyl (C=O) groups is 1. The van der Waals surface area contributed by atoms with Gasteiger partial charge >= 0.3 is 11.9 Å². The van der Waals surface area contributed by atoms with Gasteiger partial charge in [0.25, 0.3) is 0 Å². The quantitative estimate of drug-likeness (QED) is 0.825. The SMILES string of the molecule is CCc1oc(C(=O)O)nc1C1CCCO1. The van der Waals surface area contributed by atoms with Crippen LogP contribution in [0.4, 0.5) is 0 Å². The van der Waals surface area contributed by atoms with E-state index in [0.29, 0.717) is 24.5 Å². The lowest BCUT2D eigenvalue weighted by molar-refractivity contribution is 0.0651. The monoisotopic (exact) mass is 211 g/mol. The predicted molar refractivity (Wildman–Crippen MR) is 50.8 cm³/mol. The van der Waals surface area contributed by atoms with E-state index in [0.717, 1.165) is 12.8 Å². The number of hydrogen-bond donors (Lipinski definition) is 1. The fourth-order valence-electron chi connectivity index (χ4n) is 1.75. The summed E-state index contributed by atoms with van der Waals surface area (Å²) in [7, 11) is 0. The average molecular weight is 211 g/mol. The third-order valence-corrected chi connectivity index (χ3v) is 2.47. The Hall–Kier alpha value is -1.36. The molecule has 1 saturated heterocycles. The predicted octanol–water partition coefficient (Wildman–Crippen LogP) is 1.79. The molecular formula is C10H13NO4.